The largest absolute Gasteiger partial charge is 0.434 e. The predicted octanol–water partition coefficient (Wildman–Crippen LogP) is 3.13. The molecule has 0 aliphatic carbocycles. The number of hydrogen-bond donors (Lipinski definition) is 2. The van der Waals surface area contributed by atoms with Crippen LogP contribution < -0.4 is 16.2 Å². The van der Waals surface area contributed by atoms with Crippen LogP contribution in [-0.4, -0.2) is 35.6 Å². The Morgan fingerprint density at radius 1 is 1.25 bits per heavy atom. The van der Waals surface area contributed by atoms with Gasteiger partial charge in [-0.25, -0.2) is 4.98 Å². The second-order valence-electron chi connectivity index (χ2n) is 5.74. The number of alkyl halides is 3. The van der Waals surface area contributed by atoms with Crippen LogP contribution in [0.3, 0.4) is 0 Å². The van der Waals surface area contributed by atoms with E-state index in [0.717, 1.165) is 29.6 Å². The molecular formula is C17H23F3IN5OS. The van der Waals surface area contributed by atoms with Crippen molar-refractivity contribution in [3.05, 3.63) is 50.8 Å². The third-order valence-electron chi connectivity index (χ3n) is 3.71. The fraction of sp³-hybridized carbons (Fsp3) is 0.471. The minimum Gasteiger partial charge on any atom is -0.356 e. The van der Waals surface area contributed by atoms with Crippen LogP contribution in [0.2, 0.25) is 0 Å². The molecule has 0 bridgehead atoms. The van der Waals surface area contributed by atoms with Gasteiger partial charge in [-0.1, -0.05) is 6.07 Å². The summed E-state index contributed by atoms with van der Waals surface area (Å²) in [5, 5.41) is 7.65. The van der Waals surface area contributed by atoms with Crippen molar-refractivity contribution in [1.82, 2.24) is 20.2 Å². The zero-order valence-corrected chi connectivity index (χ0v) is 18.5. The monoisotopic (exact) mass is 529 g/mol. The lowest BCUT2D eigenvalue weighted by molar-refractivity contribution is -0.140. The summed E-state index contributed by atoms with van der Waals surface area (Å²) in [7, 11) is 1.63. The van der Waals surface area contributed by atoms with Crippen LogP contribution in [0.1, 0.15) is 23.5 Å². The lowest BCUT2D eigenvalue weighted by atomic mass is 10.3. The maximum absolute atomic E-state index is 12.5. The Kier molecular flexibility index (Phi) is 10.5. The quantitative estimate of drug-likeness (QED) is 0.239. The van der Waals surface area contributed by atoms with Gasteiger partial charge in [-0.05, 0) is 18.9 Å². The molecule has 0 saturated carbocycles. The number of aliphatic imine (C=N–C) groups is 1. The van der Waals surface area contributed by atoms with Crippen molar-refractivity contribution >= 4 is 41.3 Å². The van der Waals surface area contributed by atoms with Gasteiger partial charge >= 0.3 is 6.18 Å². The number of pyridine rings is 1. The van der Waals surface area contributed by atoms with Gasteiger partial charge in [0.15, 0.2) is 11.7 Å². The van der Waals surface area contributed by atoms with Crippen LogP contribution in [0, 0.1) is 0 Å². The highest BCUT2D eigenvalue weighted by molar-refractivity contribution is 14.0. The lowest BCUT2D eigenvalue weighted by Crippen LogP contribution is -2.38. The van der Waals surface area contributed by atoms with E-state index >= 15 is 0 Å². The van der Waals surface area contributed by atoms with Crippen molar-refractivity contribution in [2.75, 3.05) is 20.1 Å². The summed E-state index contributed by atoms with van der Waals surface area (Å²) in [5.41, 5.74) is -0.860. The molecule has 0 atom stereocenters. The zero-order chi connectivity index (χ0) is 19.7. The van der Waals surface area contributed by atoms with Crippen LogP contribution in [0.5, 0.6) is 0 Å². The molecule has 0 fully saturated rings. The molecule has 28 heavy (non-hydrogen) atoms. The van der Waals surface area contributed by atoms with Crippen LogP contribution in [0.15, 0.2) is 39.6 Å². The lowest BCUT2D eigenvalue weighted by Gasteiger charge is -2.11. The van der Waals surface area contributed by atoms with Crippen molar-refractivity contribution in [2.45, 2.75) is 32.0 Å². The van der Waals surface area contributed by atoms with E-state index in [-0.39, 0.29) is 29.5 Å². The molecule has 6 nitrogen and oxygen atoms in total. The smallest absolute Gasteiger partial charge is 0.356 e. The SMILES string of the molecule is CN=C(NCCCCn1ccccc1=O)NCCc1nc(C(F)(F)F)cs1.I. The standard InChI is InChI=1S/C17H22F3N5OS.HI/c1-21-16(22-8-3-5-11-25-10-4-2-6-15(25)26)23-9-7-14-24-13(12-27-14)17(18,19)20;/h2,4,6,10,12H,3,5,7-9,11H2,1H3,(H2,21,22,23);1H. The van der Waals surface area contributed by atoms with Crippen molar-refractivity contribution in [3.8, 4) is 0 Å². The molecule has 0 radical (unpaired) electrons. The van der Waals surface area contributed by atoms with Crippen LogP contribution in [0.4, 0.5) is 13.2 Å². The first-order valence-corrected chi connectivity index (χ1v) is 9.39. The number of unbranched alkanes of at least 4 members (excludes halogenated alkanes) is 1. The predicted molar refractivity (Wildman–Crippen MR) is 116 cm³/mol. The molecule has 156 valence electrons. The van der Waals surface area contributed by atoms with Gasteiger partial charge in [0.2, 0.25) is 5.56 Å². The second kappa shape index (κ2) is 12.0. The number of aromatic nitrogens is 2. The number of nitrogens with zero attached hydrogens (tertiary/aromatic N) is 3. The normalized spacial score (nSPS) is 11.8. The second-order valence-corrected chi connectivity index (χ2v) is 6.68. The molecule has 2 N–H and O–H groups in total. The molecule has 2 aromatic heterocycles. The van der Waals surface area contributed by atoms with Gasteiger partial charge in [0.1, 0.15) is 0 Å². The average Bonchev–Trinajstić information content (AvgIpc) is 3.10. The minimum absolute atomic E-state index is 0. The number of nitrogens with one attached hydrogen (secondary N) is 2. The molecule has 2 rings (SSSR count). The molecule has 0 aliphatic heterocycles. The summed E-state index contributed by atoms with van der Waals surface area (Å²) in [4.78, 5) is 19.2. The van der Waals surface area contributed by atoms with E-state index in [9.17, 15) is 18.0 Å². The minimum atomic E-state index is -4.40. The summed E-state index contributed by atoms with van der Waals surface area (Å²) in [6.07, 6.45) is -0.557. The van der Waals surface area contributed by atoms with Gasteiger partial charge in [0.25, 0.3) is 0 Å². The number of guanidine groups is 1. The highest BCUT2D eigenvalue weighted by Gasteiger charge is 2.33. The molecule has 0 spiro atoms. The summed E-state index contributed by atoms with van der Waals surface area (Å²) in [5.74, 6) is 0.583. The molecule has 0 saturated heterocycles. The molecule has 0 amide bonds. The van der Waals surface area contributed by atoms with E-state index in [1.54, 1.807) is 23.9 Å². The van der Waals surface area contributed by atoms with Crippen LogP contribution in [-0.2, 0) is 19.1 Å². The average molecular weight is 529 g/mol. The van der Waals surface area contributed by atoms with Gasteiger partial charge in [-0.2, -0.15) is 13.2 Å². The van der Waals surface area contributed by atoms with Crippen molar-refractivity contribution in [2.24, 2.45) is 4.99 Å². The number of hydrogen-bond acceptors (Lipinski definition) is 4. The Morgan fingerprint density at radius 2 is 2.00 bits per heavy atom. The molecule has 0 aromatic carbocycles. The van der Waals surface area contributed by atoms with E-state index in [0.29, 0.717) is 37.0 Å². The van der Waals surface area contributed by atoms with Crippen LogP contribution >= 0.6 is 35.3 Å². The van der Waals surface area contributed by atoms with Crippen molar-refractivity contribution in [3.63, 3.8) is 0 Å². The fourth-order valence-corrected chi connectivity index (χ4v) is 3.13. The molecule has 0 unspecified atom stereocenters. The van der Waals surface area contributed by atoms with Gasteiger partial charge in [-0.3, -0.25) is 9.79 Å². The van der Waals surface area contributed by atoms with Gasteiger partial charge in [0, 0.05) is 50.7 Å². The summed E-state index contributed by atoms with van der Waals surface area (Å²) in [6.45, 7) is 1.76. The molecule has 0 aliphatic rings. The van der Waals surface area contributed by atoms with Crippen molar-refractivity contribution in [1.29, 1.82) is 0 Å². The summed E-state index contributed by atoms with van der Waals surface area (Å²) < 4.78 is 39.2. The Morgan fingerprint density at radius 3 is 2.64 bits per heavy atom. The van der Waals surface area contributed by atoms with Gasteiger partial charge in [0.05, 0.1) is 5.01 Å². The maximum atomic E-state index is 12.5. The Hall–Kier alpha value is -1.63. The number of rotatable bonds is 8. The third kappa shape index (κ3) is 8.17. The Labute approximate surface area is 182 Å². The molecule has 11 heteroatoms. The van der Waals surface area contributed by atoms with E-state index < -0.39 is 11.9 Å². The number of thiazole rings is 1. The molecule has 2 heterocycles. The Balaban J connectivity index is 0.00000392. The van der Waals surface area contributed by atoms with E-state index in [1.165, 1.54) is 6.07 Å². The zero-order valence-electron chi connectivity index (χ0n) is 15.3. The third-order valence-corrected chi connectivity index (χ3v) is 4.62. The molecule has 2 aromatic rings. The molecular weight excluding hydrogens is 506 g/mol. The summed E-state index contributed by atoms with van der Waals surface area (Å²) in [6, 6.07) is 5.07. The highest BCUT2D eigenvalue weighted by Crippen LogP contribution is 2.29. The van der Waals surface area contributed by atoms with Gasteiger partial charge < -0.3 is 15.2 Å². The Bertz CT molecular complexity index is 806. The van der Waals surface area contributed by atoms with E-state index in [1.807, 2.05) is 6.07 Å². The van der Waals surface area contributed by atoms with E-state index in [4.69, 9.17) is 0 Å². The van der Waals surface area contributed by atoms with Gasteiger partial charge in [-0.15, -0.1) is 35.3 Å². The summed E-state index contributed by atoms with van der Waals surface area (Å²) >= 11 is 1.000. The van der Waals surface area contributed by atoms with Crippen LogP contribution in [0.25, 0.3) is 0 Å². The number of aryl methyl sites for hydroxylation is 1. The fourth-order valence-electron chi connectivity index (χ4n) is 2.32. The first-order chi connectivity index (χ1) is 12.9. The first-order valence-electron chi connectivity index (χ1n) is 8.51. The topological polar surface area (TPSA) is 71.3 Å². The first kappa shape index (κ1) is 24.4. The highest BCUT2D eigenvalue weighted by atomic mass is 127. The van der Waals surface area contributed by atoms with E-state index in [2.05, 4.69) is 20.6 Å². The number of halogens is 4. The maximum Gasteiger partial charge on any atom is 0.434 e. The van der Waals surface area contributed by atoms with Crippen molar-refractivity contribution < 1.29 is 13.2 Å².